The number of aromatic nitrogens is 3. The number of primary amides is 1. The van der Waals surface area contributed by atoms with Gasteiger partial charge in [-0.3, -0.25) is 9.36 Å². The maximum atomic E-state index is 14.5. The van der Waals surface area contributed by atoms with Gasteiger partial charge in [0.15, 0.2) is 11.6 Å². The Hall–Kier alpha value is -3.66. The molecule has 0 fully saturated rings. The SMILES string of the molecule is CC(C)Oc1ccc(Nc2nc(=O)n(CCCC(N)=O)c(=O)n2Cc2ccc(Cl)cc2)cc1F. The highest BCUT2D eigenvalue weighted by Crippen LogP contribution is 2.24. The molecule has 3 rings (SSSR count). The van der Waals surface area contributed by atoms with Gasteiger partial charge in [-0.15, -0.1) is 0 Å². The summed E-state index contributed by atoms with van der Waals surface area (Å²) >= 11 is 5.95. The van der Waals surface area contributed by atoms with Gasteiger partial charge in [-0.25, -0.2) is 18.5 Å². The molecule has 11 heteroatoms. The Morgan fingerprint density at radius 3 is 2.50 bits per heavy atom. The Kier molecular flexibility index (Phi) is 8.06. The minimum atomic E-state index is -0.801. The topological polar surface area (TPSA) is 121 Å². The van der Waals surface area contributed by atoms with Crippen LogP contribution >= 0.6 is 11.6 Å². The number of nitrogens with zero attached hydrogens (tertiary/aromatic N) is 3. The number of hydrogen-bond acceptors (Lipinski definition) is 6. The highest BCUT2D eigenvalue weighted by atomic mass is 35.5. The Labute approximate surface area is 200 Å². The highest BCUT2D eigenvalue weighted by Gasteiger charge is 2.15. The zero-order valence-electron chi connectivity index (χ0n) is 18.8. The molecule has 0 unspecified atom stereocenters. The molecular weight excluding hydrogens is 465 g/mol. The van der Waals surface area contributed by atoms with E-state index in [1.165, 1.54) is 16.7 Å². The number of nitrogens with one attached hydrogen (secondary N) is 1. The number of rotatable bonds is 10. The van der Waals surface area contributed by atoms with E-state index >= 15 is 0 Å². The number of ether oxygens (including phenoxy) is 1. The average Bonchev–Trinajstić information content (AvgIpc) is 2.76. The second kappa shape index (κ2) is 11.0. The van der Waals surface area contributed by atoms with Gasteiger partial charge in [-0.2, -0.15) is 4.98 Å². The predicted octanol–water partition coefficient (Wildman–Crippen LogP) is 3.04. The number of hydrogen-bond donors (Lipinski definition) is 2. The maximum absolute atomic E-state index is 14.5. The molecular formula is C23H25ClFN5O4. The average molecular weight is 490 g/mol. The minimum absolute atomic E-state index is 0.0210. The van der Waals surface area contributed by atoms with Gasteiger partial charge in [0.2, 0.25) is 11.9 Å². The molecule has 1 heterocycles. The molecule has 1 aromatic heterocycles. The van der Waals surface area contributed by atoms with E-state index in [-0.39, 0.29) is 49.4 Å². The van der Waals surface area contributed by atoms with Gasteiger partial charge < -0.3 is 15.8 Å². The molecule has 1 amide bonds. The Balaban J connectivity index is 2.00. The van der Waals surface area contributed by atoms with Crippen LogP contribution in [0.3, 0.4) is 0 Å². The molecule has 0 aliphatic heterocycles. The van der Waals surface area contributed by atoms with E-state index in [1.807, 2.05) is 0 Å². The molecule has 34 heavy (non-hydrogen) atoms. The van der Waals surface area contributed by atoms with Gasteiger partial charge in [0.25, 0.3) is 0 Å². The first-order valence-electron chi connectivity index (χ1n) is 10.6. The van der Waals surface area contributed by atoms with Crippen LogP contribution in [0.1, 0.15) is 32.3 Å². The first kappa shape index (κ1) is 25.0. The molecule has 0 spiro atoms. The largest absolute Gasteiger partial charge is 0.488 e. The number of nitrogens with two attached hydrogens (primary N) is 1. The maximum Gasteiger partial charge on any atom is 0.354 e. The number of carbonyl (C=O) groups is 1. The molecule has 180 valence electrons. The number of anilines is 2. The smallest absolute Gasteiger partial charge is 0.354 e. The van der Waals surface area contributed by atoms with Crippen molar-refractivity contribution in [2.75, 3.05) is 5.32 Å². The second-order valence-electron chi connectivity index (χ2n) is 7.87. The van der Waals surface area contributed by atoms with Gasteiger partial charge in [-0.05, 0) is 50.1 Å². The molecule has 0 radical (unpaired) electrons. The van der Waals surface area contributed by atoms with E-state index in [0.717, 1.165) is 10.1 Å². The van der Waals surface area contributed by atoms with Gasteiger partial charge in [0, 0.05) is 29.7 Å². The van der Waals surface area contributed by atoms with Crippen LogP contribution in [-0.4, -0.2) is 26.1 Å². The van der Waals surface area contributed by atoms with Gasteiger partial charge in [-0.1, -0.05) is 23.7 Å². The number of benzene rings is 2. The fraction of sp³-hybridized carbons (Fsp3) is 0.304. The third-order valence-electron chi connectivity index (χ3n) is 4.76. The third-order valence-corrected chi connectivity index (χ3v) is 5.01. The van der Waals surface area contributed by atoms with Crippen LogP contribution in [0.4, 0.5) is 16.0 Å². The lowest BCUT2D eigenvalue weighted by atomic mass is 10.2. The normalized spacial score (nSPS) is 11.0. The Morgan fingerprint density at radius 1 is 1.18 bits per heavy atom. The lowest BCUT2D eigenvalue weighted by Crippen LogP contribution is -2.42. The van der Waals surface area contributed by atoms with E-state index in [9.17, 15) is 18.8 Å². The van der Waals surface area contributed by atoms with Crippen molar-refractivity contribution >= 4 is 29.1 Å². The van der Waals surface area contributed by atoms with E-state index in [2.05, 4.69) is 10.3 Å². The predicted molar refractivity (Wildman–Crippen MR) is 127 cm³/mol. The van der Waals surface area contributed by atoms with Crippen LogP contribution in [0.15, 0.2) is 52.1 Å². The van der Waals surface area contributed by atoms with Gasteiger partial charge in [0.1, 0.15) is 0 Å². The van der Waals surface area contributed by atoms with E-state index in [0.29, 0.717) is 5.02 Å². The molecule has 0 atom stereocenters. The standard InChI is InChI=1S/C23H25ClFN5O4/c1-14(2)34-19-10-9-17(12-18(19)25)27-21-28-22(32)29(11-3-4-20(26)31)23(33)30(21)13-15-5-7-16(24)8-6-15/h5-10,12,14H,3-4,11,13H2,1-2H3,(H2,26,31)(H,27,28,32). The summed E-state index contributed by atoms with van der Waals surface area (Å²) < 4.78 is 22.0. The van der Waals surface area contributed by atoms with Crippen LogP contribution < -0.4 is 27.2 Å². The zero-order valence-corrected chi connectivity index (χ0v) is 19.5. The molecule has 0 saturated carbocycles. The summed E-state index contributed by atoms with van der Waals surface area (Å²) in [5.74, 6) is -1.12. The first-order chi connectivity index (χ1) is 16.1. The van der Waals surface area contributed by atoms with Crippen molar-refractivity contribution in [2.24, 2.45) is 5.73 Å². The first-order valence-corrected chi connectivity index (χ1v) is 11.0. The van der Waals surface area contributed by atoms with Crippen molar-refractivity contribution in [1.29, 1.82) is 0 Å². The summed E-state index contributed by atoms with van der Waals surface area (Å²) in [6.45, 7) is 3.61. The molecule has 2 aromatic carbocycles. The number of carbonyl (C=O) groups excluding carboxylic acids is 1. The van der Waals surface area contributed by atoms with Crippen molar-refractivity contribution in [1.82, 2.24) is 14.1 Å². The van der Waals surface area contributed by atoms with E-state index in [4.69, 9.17) is 22.1 Å². The summed E-state index contributed by atoms with van der Waals surface area (Å²) in [6.07, 6.45) is 0.0249. The van der Waals surface area contributed by atoms with Crippen LogP contribution in [0.25, 0.3) is 0 Å². The lowest BCUT2D eigenvalue weighted by molar-refractivity contribution is -0.118. The number of halogens is 2. The third kappa shape index (κ3) is 6.44. The van der Waals surface area contributed by atoms with Crippen LogP contribution in [0.5, 0.6) is 5.75 Å². The summed E-state index contributed by atoms with van der Waals surface area (Å²) in [5.41, 5.74) is 4.71. The molecule has 0 aliphatic rings. The van der Waals surface area contributed by atoms with E-state index in [1.54, 1.807) is 44.2 Å². The lowest BCUT2D eigenvalue weighted by Gasteiger charge is -2.16. The van der Waals surface area contributed by atoms with E-state index < -0.39 is 23.1 Å². The fourth-order valence-electron chi connectivity index (χ4n) is 3.20. The fourth-order valence-corrected chi connectivity index (χ4v) is 3.33. The van der Waals surface area contributed by atoms with Crippen molar-refractivity contribution in [3.05, 3.63) is 79.8 Å². The van der Waals surface area contributed by atoms with Crippen LogP contribution in [0, 0.1) is 5.82 Å². The van der Waals surface area contributed by atoms with Crippen LogP contribution in [0.2, 0.25) is 5.02 Å². The summed E-state index contributed by atoms with van der Waals surface area (Å²) in [5, 5.41) is 3.38. The second-order valence-corrected chi connectivity index (χ2v) is 8.31. The molecule has 3 N–H and O–H groups in total. The summed E-state index contributed by atoms with van der Waals surface area (Å²) in [7, 11) is 0. The summed E-state index contributed by atoms with van der Waals surface area (Å²) in [6, 6.07) is 11.0. The highest BCUT2D eigenvalue weighted by molar-refractivity contribution is 6.30. The summed E-state index contributed by atoms with van der Waals surface area (Å²) in [4.78, 5) is 40.8. The van der Waals surface area contributed by atoms with Gasteiger partial charge >= 0.3 is 11.4 Å². The Morgan fingerprint density at radius 2 is 1.88 bits per heavy atom. The quantitative estimate of drug-likeness (QED) is 0.451. The van der Waals surface area contributed by atoms with Crippen molar-refractivity contribution < 1.29 is 13.9 Å². The Bertz CT molecular complexity index is 1290. The monoisotopic (exact) mass is 489 g/mol. The molecule has 0 saturated heterocycles. The molecule has 3 aromatic rings. The zero-order chi connectivity index (χ0) is 24.8. The molecule has 9 nitrogen and oxygen atoms in total. The minimum Gasteiger partial charge on any atom is -0.488 e. The van der Waals surface area contributed by atoms with Crippen molar-refractivity contribution in [3.63, 3.8) is 0 Å². The van der Waals surface area contributed by atoms with Crippen molar-refractivity contribution in [2.45, 2.75) is 45.9 Å². The van der Waals surface area contributed by atoms with Gasteiger partial charge in [0.05, 0.1) is 12.6 Å². The molecule has 0 aliphatic carbocycles. The number of amides is 1. The molecule has 0 bridgehead atoms. The van der Waals surface area contributed by atoms with Crippen molar-refractivity contribution in [3.8, 4) is 5.75 Å². The van der Waals surface area contributed by atoms with Crippen LogP contribution in [-0.2, 0) is 17.9 Å².